The number of nitrogens with one attached hydrogen (secondary N) is 2. The topological polar surface area (TPSA) is 127 Å². The van der Waals surface area contributed by atoms with Crippen molar-refractivity contribution < 1.29 is 14.5 Å². The molecule has 8 nitrogen and oxygen atoms in total. The predicted molar refractivity (Wildman–Crippen MR) is 80.3 cm³/mol. The number of nitro groups is 1. The second-order valence-corrected chi connectivity index (χ2v) is 5.35. The Balaban J connectivity index is 2.05. The molecular weight excluding hydrogens is 288 g/mol. The lowest BCUT2D eigenvalue weighted by Gasteiger charge is -2.19. The van der Waals surface area contributed by atoms with Crippen molar-refractivity contribution >= 4 is 23.3 Å². The van der Waals surface area contributed by atoms with Gasteiger partial charge in [0.2, 0.25) is 5.91 Å². The number of hydrogen-bond acceptors (Lipinski definition) is 4. The van der Waals surface area contributed by atoms with Gasteiger partial charge in [-0.05, 0) is 25.8 Å². The first kappa shape index (κ1) is 15.7. The summed E-state index contributed by atoms with van der Waals surface area (Å²) in [5.74, 6) is -0.786. The molecule has 0 radical (unpaired) electrons. The van der Waals surface area contributed by atoms with Gasteiger partial charge in [0.15, 0.2) is 0 Å². The number of nitro benzene ring substituents is 1. The van der Waals surface area contributed by atoms with Crippen molar-refractivity contribution in [3.63, 3.8) is 0 Å². The maximum absolute atomic E-state index is 12.0. The fourth-order valence-corrected chi connectivity index (χ4v) is 2.76. The van der Waals surface area contributed by atoms with Crippen LogP contribution in [0, 0.1) is 23.0 Å². The largest absolute Gasteiger partial charge is 0.369 e. The Morgan fingerprint density at radius 1 is 1.36 bits per heavy atom. The van der Waals surface area contributed by atoms with E-state index < -0.39 is 16.9 Å². The van der Waals surface area contributed by atoms with Crippen molar-refractivity contribution in [2.24, 2.45) is 11.7 Å². The average molecular weight is 306 g/mol. The fourth-order valence-electron chi connectivity index (χ4n) is 2.76. The molecule has 0 bridgehead atoms. The molecule has 1 aliphatic carbocycles. The van der Waals surface area contributed by atoms with Crippen LogP contribution in [0.2, 0.25) is 0 Å². The lowest BCUT2D eigenvalue weighted by atomic mass is 10.0. The number of hydrogen-bond donors (Lipinski definition) is 3. The highest BCUT2D eigenvalue weighted by Gasteiger charge is 2.32. The minimum Gasteiger partial charge on any atom is -0.369 e. The van der Waals surface area contributed by atoms with Crippen molar-refractivity contribution in [1.82, 2.24) is 5.32 Å². The SMILES string of the molecule is Cc1c(NC(=O)N[C@@H]2CCC[C@@H]2C(N)=O)cccc1[N+](=O)[O-]. The van der Waals surface area contributed by atoms with E-state index in [0.717, 1.165) is 6.42 Å². The molecule has 0 saturated heterocycles. The first-order valence-electron chi connectivity index (χ1n) is 7.01. The van der Waals surface area contributed by atoms with Gasteiger partial charge in [0.25, 0.3) is 5.69 Å². The Labute approximate surface area is 127 Å². The summed E-state index contributed by atoms with van der Waals surface area (Å²) in [5, 5.41) is 16.2. The predicted octanol–water partition coefficient (Wildman–Crippen LogP) is 1.68. The number of carbonyl (C=O) groups is 2. The van der Waals surface area contributed by atoms with E-state index in [9.17, 15) is 19.7 Å². The lowest BCUT2D eigenvalue weighted by Crippen LogP contribution is -2.44. The van der Waals surface area contributed by atoms with Crippen LogP contribution in [-0.4, -0.2) is 22.9 Å². The fraction of sp³-hybridized carbons (Fsp3) is 0.429. The van der Waals surface area contributed by atoms with Gasteiger partial charge in [-0.25, -0.2) is 4.79 Å². The number of nitrogens with zero attached hydrogens (tertiary/aromatic N) is 1. The molecule has 1 aromatic carbocycles. The minimum absolute atomic E-state index is 0.0614. The molecule has 0 heterocycles. The summed E-state index contributed by atoms with van der Waals surface area (Å²) in [6.45, 7) is 1.57. The second kappa shape index (κ2) is 6.42. The van der Waals surface area contributed by atoms with Gasteiger partial charge in [-0.1, -0.05) is 12.5 Å². The maximum Gasteiger partial charge on any atom is 0.319 e. The zero-order valence-electron chi connectivity index (χ0n) is 12.2. The minimum atomic E-state index is -0.501. The third-order valence-electron chi connectivity index (χ3n) is 3.95. The van der Waals surface area contributed by atoms with E-state index >= 15 is 0 Å². The molecule has 2 rings (SSSR count). The Bertz CT molecular complexity index is 617. The van der Waals surface area contributed by atoms with Crippen LogP contribution in [0.15, 0.2) is 18.2 Å². The van der Waals surface area contributed by atoms with Crippen LogP contribution >= 0.6 is 0 Å². The normalized spacial score (nSPS) is 20.4. The molecule has 2 atom stereocenters. The zero-order chi connectivity index (χ0) is 16.3. The van der Waals surface area contributed by atoms with E-state index in [0.29, 0.717) is 24.1 Å². The Kier molecular flexibility index (Phi) is 4.59. The van der Waals surface area contributed by atoms with E-state index in [2.05, 4.69) is 10.6 Å². The van der Waals surface area contributed by atoms with Gasteiger partial charge < -0.3 is 16.4 Å². The van der Waals surface area contributed by atoms with E-state index in [1.807, 2.05) is 0 Å². The van der Waals surface area contributed by atoms with Gasteiger partial charge >= 0.3 is 6.03 Å². The number of benzene rings is 1. The smallest absolute Gasteiger partial charge is 0.319 e. The number of nitrogens with two attached hydrogens (primary N) is 1. The molecule has 0 unspecified atom stereocenters. The van der Waals surface area contributed by atoms with E-state index in [-0.39, 0.29) is 17.6 Å². The quantitative estimate of drug-likeness (QED) is 0.577. The van der Waals surface area contributed by atoms with Gasteiger partial charge in [0, 0.05) is 12.1 Å². The highest BCUT2D eigenvalue weighted by atomic mass is 16.6. The number of anilines is 1. The first-order valence-corrected chi connectivity index (χ1v) is 7.01. The Hall–Kier alpha value is -2.64. The molecule has 4 N–H and O–H groups in total. The highest BCUT2D eigenvalue weighted by molar-refractivity contribution is 5.91. The third kappa shape index (κ3) is 3.33. The van der Waals surface area contributed by atoms with Crippen LogP contribution in [-0.2, 0) is 4.79 Å². The monoisotopic (exact) mass is 306 g/mol. The summed E-state index contributed by atoms with van der Waals surface area (Å²) in [7, 11) is 0. The molecule has 0 spiro atoms. The molecule has 0 aromatic heterocycles. The number of carbonyl (C=O) groups excluding carboxylic acids is 2. The summed E-state index contributed by atoms with van der Waals surface area (Å²) in [4.78, 5) is 33.7. The summed E-state index contributed by atoms with van der Waals surface area (Å²) in [6, 6.07) is 3.67. The summed E-state index contributed by atoms with van der Waals surface area (Å²) >= 11 is 0. The highest BCUT2D eigenvalue weighted by Crippen LogP contribution is 2.27. The molecule has 3 amide bonds. The van der Waals surface area contributed by atoms with E-state index in [1.165, 1.54) is 12.1 Å². The molecule has 118 valence electrons. The number of amides is 3. The number of rotatable bonds is 4. The molecule has 1 saturated carbocycles. The first-order chi connectivity index (χ1) is 10.4. The molecule has 1 fully saturated rings. The van der Waals surface area contributed by atoms with Crippen molar-refractivity contribution in [2.45, 2.75) is 32.2 Å². The van der Waals surface area contributed by atoms with Crippen LogP contribution in [0.25, 0.3) is 0 Å². The molecule has 8 heteroatoms. The van der Waals surface area contributed by atoms with E-state index in [1.54, 1.807) is 13.0 Å². The van der Waals surface area contributed by atoms with Crippen molar-refractivity contribution in [3.8, 4) is 0 Å². The molecule has 1 aliphatic rings. The number of primary amides is 1. The summed E-state index contributed by atoms with van der Waals surface area (Å²) in [5.41, 5.74) is 5.98. The Morgan fingerprint density at radius 3 is 2.73 bits per heavy atom. The summed E-state index contributed by atoms with van der Waals surface area (Å²) in [6.07, 6.45) is 2.18. The standard InChI is InChI=1S/C14H18N4O4/c1-8-10(5-3-7-12(8)18(21)22)16-14(20)17-11-6-2-4-9(11)13(15)19/h3,5,7,9,11H,2,4,6H2,1H3,(H2,15,19)(H2,16,17,20)/t9-,11+/m0/s1. The number of urea groups is 1. The van der Waals surface area contributed by atoms with Crippen LogP contribution < -0.4 is 16.4 Å². The van der Waals surface area contributed by atoms with Gasteiger partial charge in [0.1, 0.15) is 0 Å². The van der Waals surface area contributed by atoms with Crippen LogP contribution in [0.4, 0.5) is 16.2 Å². The van der Waals surface area contributed by atoms with Gasteiger partial charge in [-0.2, -0.15) is 0 Å². The molecule has 22 heavy (non-hydrogen) atoms. The Morgan fingerprint density at radius 2 is 2.09 bits per heavy atom. The lowest BCUT2D eigenvalue weighted by molar-refractivity contribution is -0.385. The average Bonchev–Trinajstić information content (AvgIpc) is 2.89. The van der Waals surface area contributed by atoms with Crippen molar-refractivity contribution in [1.29, 1.82) is 0 Å². The molecular formula is C14H18N4O4. The van der Waals surface area contributed by atoms with E-state index in [4.69, 9.17) is 5.73 Å². The van der Waals surface area contributed by atoms with Crippen LogP contribution in [0.1, 0.15) is 24.8 Å². The third-order valence-corrected chi connectivity index (χ3v) is 3.95. The van der Waals surface area contributed by atoms with Crippen LogP contribution in [0.3, 0.4) is 0 Å². The van der Waals surface area contributed by atoms with Crippen LogP contribution in [0.5, 0.6) is 0 Å². The summed E-state index contributed by atoms with van der Waals surface area (Å²) < 4.78 is 0. The maximum atomic E-state index is 12.0. The van der Waals surface area contributed by atoms with Gasteiger partial charge in [-0.3, -0.25) is 14.9 Å². The van der Waals surface area contributed by atoms with Crippen molar-refractivity contribution in [3.05, 3.63) is 33.9 Å². The van der Waals surface area contributed by atoms with Crippen molar-refractivity contribution in [2.75, 3.05) is 5.32 Å². The zero-order valence-corrected chi connectivity index (χ0v) is 12.2. The van der Waals surface area contributed by atoms with Gasteiger partial charge in [0.05, 0.1) is 22.1 Å². The van der Waals surface area contributed by atoms with Gasteiger partial charge in [-0.15, -0.1) is 0 Å². The second-order valence-electron chi connectivity index (χ2n) is 5.35. The molecule has 0 aliphatic heterocycles. The molecule has 1 aromatic rings.